The molecular formula is C11H17FN4O. The van der Waals surface area contributed by atoms with Crippen LogP contribution < -0.4 is 10.6 Å². The lowest BCUT2D eigenvalue weighted by atomic mass is 10.2. The van der Waals surface area contributed by atoms with E-state index >= 15 is 0 Å². The number of nitrogens with one attached hydrogen (secondary N) is 2. The number of rotatable bonds is 5. The van der Waals surface area contributed by atoms with Crippen LogP contribution in [-0.2, 0) is 0 Å². The lowest BCUT2D eigenvalue weighted by Crippen LogP contribution is -2.32. The summed E-state index contributed by atoms with van der Waals surface area (Å²) in [7, 11) is 5.36. The number of carbonyl (C=O) groups is 1. The zero-order valence-corrected chi connectivity index (χ0v) is 10.2. The Morgan fingerprint density at radius 3 is 2.82 bits per heavy atom. The number of halogens is 1. The quantitative estimate of drug-likeness (QED) is 0.789. The van der Waals surface area contributed by atoms with Gasteiger partial charge in [-0.15, -0.1) is 0 Å². The zero-order valence-electron chi connectivity index (χ0n) is 10.2. The number of carbonyl (C=O) groups excluding carboxylic acids is 1. The summed E-state index contributed by atoms with van der Waals surface area (Å²) in [6, 6.07) is 1.36. The molecule has 0 aliphatic heterocycles. The average Bonchev–Trinajstić information content (AvgIpc) is 2.28. The Hall–Kier alpha value is -1.69. The summed E-state index contributed by atoms with van der Waals surface area (Å²) in [4.78, 5) is 17.4. The second kappa shape index (κ2) is 6.15. The van der Waals surface area contributed by atoms with Crippen LogP contribution in [0.5, 0.6) is 0 Å². The summed E-state index contributed by atoms with van der Waals surface area (Å²) < 4.78 is 13.7. The average molecular weight is 240 g/mol. The van der Waals surface area contributed by atoms with E-state index in [1.54, 1.807) is 7.05 Å². The first-order valence-electron chi connectivity index (χ1n) is 5.31. The second-order valence-electron chi connectivity index (χ2n) is 3.83. The van der Waals surface area contributed by atoms with E-state index in [4.69, 9.17) is 0 Å². The normalized spacial score (nSPS) is 10.4. The lowest BCUT2D eigenvalue weighted by Gasteiger charge is -2.11. The van der Waals surface area contributed by atoms with Gasteiger partial charge in [0, 0.05) is 26.3 Å². The van der Waals surface area contributed by atoms with Crippen molar-refractivity contribution in [3.63, 3.8) is 0 Å². The maximum Gasteiger partial charge on any atom is 0.254 e. The summed E-state index contributed by atoms with van der Waals surface area (Å²) in [5.74, 6) is -0.981. The van der Waals surface area contributed by atoms with Gasteiger partial charge in [0.15, 0.2) is 11.6 Å². The van der Waals surface area contributed by atoms with Gasteiger partial charge < -0.3 is 15.5 Å². The van der Waals surface area contributed by atoms with E-state index in [0.717, 1.165) is 0 Å². The molecular weight excluding hydrogens is 223 g/mol. The third-order valence-electron chi connectivity index (χ3n) is 2.22. The monoisotopic (exact) mass is 240 g/mol. The number of anilines is 1. The van der Waals surface area contributed by atoms with Gasteiger partial charge in [0.25, 0.3) is 5.91 Å². The minimum Gasteiger partial charge on any atom is -0.371 e. The highest BCUT2D eigenvalue weighted by molar-refractivity contribution is 5.95. The van der Waals surface area contributed by atoms with Crippen molar-refractivity contribution in [2.75, 3.05) is 39.5 Å². The molecule has 0 aliphatic rings. The van der Waals surface area contributed by atoms with Crippen LogP contribution in [0.15, 0.2) is 12.3 Å². The van der Waals surface area contributed by atoms with Crippen LogP contribution in [0.3, 0.4) is 0 Å². The molecule has 0 atom stereocenters. The molecule has 0 fully saturated rings. The fraction of sp³-hybridized carbons (Fsp3) is 0.455. The lowest BCUT2D eigenvalue weighted by molar-refractivity contribution is 0.0947. The summed E-state index contributed by atoms with van der Waals surface area (Å²) in [5, 5.41) is 5.24. The number of hydrogen-bond acceptors (Lipinski definition) is 4. The first-order valence-corrected chi connectivity index (χ1v) is 5.31. The molecule has 0 spiro atoms. The van der Waals surface area contributed by atoms with Gasteiger partial charge in [-0.1, -0.05) is 0 Å². The molecule has 0 saturated carbocycles. The Bertz CT molecular complexity index is 395. The fourth-order valence-corrected chi connectivity index (χ4v) is 1.28. The van der Waals surface area contributed by atoms with Gasteiger partial charge in [0.2, 0.25) is 0 Å². The topological polar surface area (TPSA) is 57.3 Å². The van der Waals surface area contributed by atoms with Crippen LogP contribution in [0.2, 0.25) is 0 Å². The summed E-state index contributed by atoms with van der Waals surface area (Å²) in [6.45, 7) is 1.18. The SMILES string of the molecule is CNc1nccc(C(=O)NCCN(C)C)c1F. The first kappa shape index (κ1) is 13.4. The number of nitrogens with zero attached hydrogens (tertiary/aromatic N) is 2. The summed E-state index contributed by atoms with van der Waals surface area (Å²) in [5.41, 5.74) is 0.00288. The predicted molar refractivity (Wildman–Crippen MR) is 64.6 cm³/mol. The maximum absolute atomic E-state index is 13.7. The Labute approximate surface area is 100 Å². The molecule has 6 heteroatoms. The number of hydrogen-bond donors (Lipinski definition) is 2. The zero-order chi connectivity index (χ0) is 12.8. The first-order chi connectivity index (χ1) is 8.06. The Morgan fingerprint density at radius 2 is 2.24 bits per heavy atom. The fourth-order valence-electron chi connectivity index (χ4n) is 1.28. The molecule has 1 rings (SSSR count). The van der Waals surface area contributed by atoms with E-state index in [2.05, 4.69) is 15.6 Å². The standard InChI is InChI=1S/C11H17FN4O/c1-13-10-9(12)8(4-5-14-10)11(17)15-6-7-16(2)3/h4-5H,6-7H2,1-3H3,(H,13,14)(H,15,17). The molecule has 0 aromatic carbocycles. The highest BCUT2D eigenvalue weighted by Crippen LogP contribution is 2.13. The van der Waals surface area contributed by atoms with E-state index in [1.807, 2.05) is 19.0 Å². The van der Waals surface area contributed by atoms with Crippen LogP contribution in [0.1, 0.15) is 10.4 Å². The van der Waals surface area contributed by atoms with Crippen molar-refractivity contribution in [2.45, 2.75) is 0 Å². The molecule has 1 heterocycles. The van der Waals surface area contributed by atoms with Crippen molar-refractivity contribution in [3.05, 3.63) is 23.6 Å². The van der Waals surface area contributed by atoms with Crippen LogP contribution in [0.4, 0.5) is 10.2 Å². The third kappa shape index (κ3) is 3.67. The minimum atomic E-state index is -0.627. The number of aromatic nitrogens is 1. The van der Waals surface area contributed by atoms with Crippen LogP contribution >= 0.6 is 0 Å². The minimum absolute atomic E-state index is 0.00288. The molecule has 0 saturated heterocycles. The van der Waals surface area contributed by atoms with Gasteiger partial charge >= 0.3 is 0 Å². The predicted octanol–water partition coefficient (Wildman–Crippen LogP) is 0.554. The van der Waals surface area contributed by atoms with Crippen LogP contribution in [-0.4, -0.2) is 50.0 Å². The van der Waals surface area contributed by atoms with Gasteiger partial charge in [-0.25, -0.2) is 9.37 Å². The highest BCUT2D eigenvalue weighted by Gasteiger charge is 2.14. The molecule has 5 nitrogen and oxygen atoms in total. The van der Waals surface area contributed by atoms with Gasteiger partial charge in [-0.05, 0) is 20.2 Å². The molecule has 0 bridgehead atoms. The molecule has 1 aromatic rings. The smallest absolute Gasteiger partial charge is 0.254 e. The van der Waals surface area contributed by atoms with E-state index < -0.39 is 11.7 Å². The Morgan fingerprint density at radius 1 is 1.53 bits per heavy atom. The molecule has 94 valence electrons. The molecule has 1 aromatic heterocycles. The highest BCUT2D eigenvalue weighted by atomic mass is 19.1. The molecule has 0 radical (unpaired) electrons. The summed E-state index contributed by atoms with van der Waals surface area (Å²) in [6.07, 6.45) is 1.40. The van der Waals surface area contributed by atoms with E-state index in [9.17, 15) is 9.18 Å². The van der Waals surface area contributed by atoms with Crippen molar-refractivity contribution < 1.29 is 9.18 Å². The van der Waals surface area contributed by atoms with Crippen molar-refractivity contribution in [3.8, 4) is 0 Å². The Kier molecular flexibility index (Phi) is 4.84. The number of likely N-dealkylation sites (N-methyl/N-ethyl adjacent to an activating group) is 1. The molecule has 2 N–H and O–H groups in total. The van der Waals surface area contributed by atoms with Crippen molar-refractivity contribution in [1.29, 1.82) is 0 Å². The van der Waals surface area contributed by atoms with Gasteiger partial charge in [0.1, 0.15) is 0 Å². The van der Waals surface area contributed by atoms with Gasteiger partial charge in [-0.3, -0.25) is 4.79 Å². The maximum atomic E-state index is 13.7. The van der Waals surface area contributed by atoms with Gasteiger partial charge in [-0.2, -0.15) is 0 Å². The van der Waals surface area contributed by atoms with E-state index in [1.165, 1.54) is 12.3 Å². The van der Waals surface area contributed by atoms with Gasteiger partial charge in [0.05, 0.1) is 5.56 Å². The van der Waals surface area contributed by atoms with E-state index in [0.29, 0.717) is 13.1 Å². The van der Waals surface area contributed by atoms with Crippen molar-refractivity contribution >= 4 is 11.7 Å². The van der Waals surface area contributed by atoms with Crippen molar-refractivity contribution in [1.82, 2.24) is 15.2 Å². The molecule has 17 heavy (non-hydrogen) atoms. The molecule has 1 amide bonds. The van der Waals surface area contributed by atoms with Crippen molar-refractivity contribution in [2.24, 2.45) is 0 Å². The number of pyridine rings is 1. The van der Waals surface area contributed by atoms with Crippen LogP contribution in [0, 0.1) is 5.82 Å². The largest absolute Gasteiger partial charge is 0.371 e. The van der Waals surface area contributed by atoms with E-state index in [-0.39, 0.29) is 11.4 Å². The molecule has 0 aliphatic carbocycles. The van der Waals surface area contributed by atoms with Crippen LogP contribution in [0.25, 0.3) is 0 Å². The Balaban J connectivity index is 2.69. The third-order valence-corrected chi connectivity index (χ3v) is 2.22. The number of amides is 1. The molecule has 0 unspecified atom stereocenters. The second-order valence-corrected chi connectivity index (χ2v) is 3.83. The summed E-state index contributed by atoms with van der Waals surface area (Å²) >= 11 is 0.